The Morgan fingerprint density at radius 1 is 1.16 bits per heavy atom. The molecule has 0 aliphatic carbocycles. The third-order valence-corrected chi connectivity index (χ3v) is 4.82. The summed E-state index contributed by atoms with van der Waals surface area (Å²) in [6.07, 6.45) is 5.02. The SMILES string of the molecule is Cc1nn(Cc2ccc(C(=O)Nc3ccc(-n4cccn4)nc3)cc2)c(C)c1[N+](=O)[O-]. The highest BCUT2D eigenvalue weighted by Gasteiger charge is 2.21. The van der Waals surface area contributed by atoms with Crippen LogP contribution < -0.4 is 5.32 Å². The molecule has 10 nitrogen and oxygen atoms in total. The number of hydrogen-bond acceptors (Lipinski definition) is 6. The second kappa shape index (κ2) is 8.19. The molecule has 4 aromatic rings. The summed E-state index contributed by atoms with van der Waals surface area (Å²) in [6.45, 7) is 3.67. The van der Waals surface area contributed by atoms with Crippen LogP contribution in [0.2, 0.25) is 0 Å². The van der Waals surface area contributed by atoms with Crippen LogP contribution in [0.4, 0.5) is 11.4 Å². The van der Waals surface area contributed by atoms with E-state index < -0.39 is 4.92 Å². The average molecular weight is 417 g/mol. The third kappa shape index (κ3) is 4.17. The highest BCUT2D eigenvalue weighted by atomic mass is 16.6. The molecule has 0 unspecified atom stereocenters. The number of amides is 1. The van der Waals surface area contributed by atoms with Gasteiger partial charge in [-0.25, -0.2) is 9.67 Å². The molecular formula is C21H19N7O3. The van der Waals surface area contributed by atoms with Crippen LogP contribution in [0, 0.1) is 24.0 Å². The number of rotatable bonds is 6. The summed E-state index contributed by atoms with van der Waals surface area (Å²) in [5.74, 6) is 0.388. The van der Waals surface area contributed by atoms with E-state index in [1.165, 1.54) is 0 Å². The predicted octanol–water partition coefficient (Wildman–Crippen LogP) is 3.29. The molecule has 156 valence electrons. The van der Waals surface area contributed by atoms with Crippen molar-refractivity contribution in [1.82, 2.24) is 24.5 Å². The lowest BCUT2D eigenvalue weighted by Gasteiger charge is -2.08. The number of carbonyl (C=O) groups excluding carboxylic acids is 1. The van der Waals surface area contributed by atoms with Crippen LogP contribution in [0.3, 0.4) is 0 Å². The van der Waals surface area contributed by atoms with Gasteiger partial charge in [0.05, 0.1) is 23.4 Å². The summed E-state index contributed by atoms with van der Waals surface area (Å²) < 4.78 is 3.22. The van der Waals surface area contributed by atoms with Gasteiger partial charge in [-0.2, -0.15) is 10.2 Å². The van der Waals surface area contributed by atoms with Crippen molar-refractivity contribution in [3.05, 3.63) is 93.7 Å². The Bertz CT molecular complexity index is 1230. The number of aryl methyl sites for hydroxylation is 1. The van der Waals surface area contributed by atoms with E-state index in [2.05, 4.69) is 20.5 Å². The maximum Gasteiger partial charge on any atom is 0.312 e. The van der Waals surface area contributed by atoms with Crippen LogP contribution in [-0.2, 0) is 6.54 Å². The van der Waals surface area contributed by atoms with Crippen LogP contribution in [-0.4, -0.2) is 35.4 Å². The maximum atomic E-state index is 12.5. The van der Waals surface area contributed by atoms with Crippen molar-refractivity contribution in [3.63, 3.8) is 0 Å². The molecule has 0 bridgehead atoms. The second-order valence-corrected chi connectivity index (χ2v) is 6.94. The summed E-state index contributed by atoms with van der Waals surface area (Å²) in [7, 11) is 0. The topological polar surface area (TPSA) is 121 Å². The minimum atomic E-state index is -0.419. The van der Waals surface area contributed by atoms with E-state index >= 15 is 0 Å². The molecule has 0 spiro atoms. The van der Waals surface area contributed by atoms with E-state index in [1.807, 2.05) is 0 Å². The van der Waals surface area contributed by atoms with E-state index in [-0.39, 0.29) is 11.6 Å². The van der Waals surface area contributed by atoms with E-state index in [4.69, 9.17) is 0 Å². The largest absolute Gasteiger partial charge is 0.321 e. The quantitative estimate of drug-likeness (QED) is 0.380. The van der Waals surface area contributed by atoms with Gasteiger partial charge in [-0.3, -0.25) is 19.6 Å². The molecular weight excluding hydrogens is 398 g/mol. The minimum Gasteiger partial charge on any atom is -0.321 e. The molecule has 10 heteroatoms. The number of nitro groups is 1. The highest BCUT2D eigenvalue weighted by molar-refractivity contribution is 6.04. The number of benzene rings is 1. The Morgan fingerprint density at radius 3 is 2.52 bits per heavy atom. The fourth-order valence-electron chi connectivity index (χ4n) is 3.24. The van der Waals surface area contributed by atoms with Crippen LogP contribution in [0.5, 0.6) is 0 Å². The fourth-order valence-corrected chi connectivity index (χ4v) is 3.24. The van der Waals surface area contributed by atoms with Crippen LogP contribution >= 0.6 is 0 Å². The average Bonchev–Trinajstić information content (AvgIpc) is 3.37. The summed E-state index contributed by atoms with van der Waals surface area (Å²) in [5, 5.41) is 22.3. The number of anilines is 1. The highest BCUT2D eigenvalue weighted by Crippen LogP contribution is 2.22. The summed E-state index contributed by atoms with van der Waals surface area (Å²) >= 11 is 0. The van der Waals surface area contributed by atoms with Crippen LogP contribution in [0.25, 0.3) is 5.82 Å². The molecule has 0 saturated carbocycles. The lowest BCUT2D eigenvalue weighted by molar-refractivity contribution is -0.386. The van der Waals surface area contributed by atoms with Gasteiger partial charge < -0.3 is 5.32 Å². The van der Waals surface area contributed by atoms with Crippen molar-refractivity contribution in [2.24, 2.45) is 0 Å². The molecule has 1 amide bonds. The zero-order valence-corrected chi connectivity index (χ0v) is 16.9. The molecule has 0 fully saturated rings. The Balaban J connectivity index is 1.43. The smallest absolute Gasteiger partial charge is 0.312 e. The predicted molar refractivity (Wildman–Crippen MR) is 113 cm³/mol. The Hall–Kier alpha value is -4.34. The monoisotopic (exact) mass is 417 g/mol. The van der Waals surface area contributed by atoms with E-state index in [9.17, 15) is 14.9 Å². The van der Waals surface area contributed by atoms with Crippen LogP contribution in [0.15, 0.2) is 61.1 Å². The Kier molecular flexibility index (Phi) is 5.27. The standard InChI is InChI=1S/C21H19N7O3/c1-14-20(28(30)31)15(2)27(25-14)13-16-4-6-17(7-5-16)21(29)24-18-8-9-19(22-12-18)26-11-3-10-23-26/h3-12H,13H2,1-2H3,(H,24,29). The van der Waals surface area contributed by atoms with Gasteiger partial charge in [0, 0.05) is 18.0 Å². The van der Waals surface area contributed by atoms with Gasteiger partial charge >= 0.3 is 5.69 Å². The fraction of sp³-hybridized carbons (Fsp3) is 0.143. The first-order chi connectivity index (χ1) is 14.9. The normalized spacial score (nSPS) is 10.8. The van der Waals surface area contributed by atoms with Crippen LogP contribution in [0.1, 0.15) is 27.3 Å². The van der Waals surface area contributed by atoms with Gasteiger partial charge in [-0.15, -0.1) is 0 Å². The molecule has 0 saturated heterocycles. The van der Waals surface area contributed by atoms with E-state index in [0.717, 1.165) is 5.56 Å². The number of carbonyl (C=O) groups is 1. The zero-order chi connectivity index (χ0) is 22.0. The minimum absolute atomic E-state index is 0.0307. The third-order valence-electron chi connectivity index (χ3n) is 4.82. The molecule has 0 radical (unpaired) electrons. The van der Waals surface area contributed by atoms with Crippen molar-refractivity contribution >= 4 is 17.3 Å². The van der Waals surface area contributed by atoms with Crippen molar-refractivity contribution in [1.29, 1.82) is 0 Å². The first-order valence-corrected chi connectivity index (χ1v) is 9.47. The van der Waals surface area contributed by atoms with Crippen molar-refractivity contribution < 1.29 is 9.72 Å². The van der Waals surface area contributed by atoms with Gasteiger partial charge in [-0.1, -0.05) is 12.1 Å². The van der Waals surface area contributed by atoms with E-state index in [1.54, 1.807) is 84.3 Å². The molecule has 1 N–H and O–H groups in total. The van der Waals surface area contributed by atoms with Gasteiger partial charge in [-0.05, 0) is 49.7 Å². The molecule has 0 aliphatic heterocycles. The van der Waals surface area contributed by atoms with Gasteiger partial charge in [0.15, 0.2) is 5.82 Å². The summed E-state index contributed by atoms with van der Waals surface area (Å²) in [5.41, 5.74) is 2.84. The lowest BCUT2D eigenvalue weighted by atomic mass is 10.1. The Morgan fingerprint density at radius 2 is 1.94 bits per heavy atom. The Labute approximate surface area is 177 Å². The molecule has 31 heavy (non-hydrogen) atoms. The van der Waals surface area contributed by atoms with Gasteiger partial charge in [0.2, 0.25) is 0 Å². The molecule has 3 heterocycles. The maximum absolute atomic E-state index is 12.5. The van der Waals surface area contributed by atoms with Crippen molar-refractivity contribution in [3.8, 4) is 5.82 Å². The number of hydrogen-bond donors (Lipinski definition) is 1. The summed E-state index contributed by atoms with van der Waals surface area (Å²) in [6, 6.07) is 12.3. The number of nitrogens with zero attached hydrogens (tertiary/aromatic N) is 6. The number of aromatic nitrogens is 5. The first kappa shape index (κ1) is 20.0. The lowest BCUT2D eigenvalue weighted by Crippen LogP contribution is -2.12. The van der Waals surface area contributed by atoms with E-state index in [0.29, 0.717) is 35.0 Å². The molecule has 0 atom stereocenters. The summed E-state index contributed by atoms with van der Waals surface area (Å²) in [4.78, 5) is 27.5. The molecule has 1 aromatic carbocycles. The van der Waals surface area contributed by atoms with Crippen molar-refractivity contribution in [2.75, 3.05) is 5.32 Å². The van der Waals surface area contributed by atoms with Gasteiger partial charge in [0.25, 0.3) is 5.91 Å². The molecule has 4 rings (SSSR count). The first-order valence-electron chi connectivity index (χ1n) is 9.47. The molecule has 0 aliphatic rings. The zero-order valence-electron chi connectivity index (χ0n) is 16.9. The number of nitrogens with one attached hydrogen (secondary N) is 1. The van der Waals surface area contributed by atoms with Gasteiger partial charge in [0.1, 0.15) is 11.4 Å². The second-order valence-electron chi connectivity index (χ2n) is 6.94. The number of pyridine rings is 1. The van der Waals surface area contributed by atoms with Crippen molar-refractivity contribution in [2.45, 2.75) is 20.4 Å². The molecule has 3 aromatic heterocycles.